The Morgan fingerprint density at radius 3 is 2.61 bits per heavy atom. The number of anilines is 1. The predicted octanol–water partition coefficient (Wildman–Crippen LogP) is 4.12. The third-order valence-corrected chi connectivity index (χ3v) is 5.32. The molecule has 1 aliphatic carbocycles. The van der Waals surface area contributed by atoms with Crippen molar-refractivity contribution in [3.05, 3.63) is 69.8 Å². The van der Waals surface area contributed by atoms with Crippen LogP contribution in [-0.4, -0.2) is 25.5 Å². The molecule has 1 fully saturated rings. The first kappa shape index (κ1) is 20.8. The fourth-order valence-corrected chi connectivity index (χ4v) is 3.81. The van der Waals surface area contributed by atoms with Gasteiger partial charge in [0.05, 0.1) is 23.5 Å². The molecule has 1 aromatic carbocycles. The molecule has 0 spiro atoms. The molecule has 0 bridgehead atoms. The summed E-state index contributed by atoms with van der Waals surface area (Å²) in [5.41, 5.74) is -1.49. The lowest BCUT2D eigenvalue weighted by molar-refractivity contribution is -0.137. The van der Waals surface area contributed by atoms with Crippen LogP contribution in [0.25, 0.3) is 5.69 Å². The van der Waals surface area contributed by atoms with Crippen LogP contribution in [0.15, 0.2) is 47.4 Å². The summed E-state index contributed by atoms with van der Waals surface area (Å²) in [7, 11) is 0. The molecule has 31 heavy (non-hydrogen) atoms. The van der Waals surface area contributed by atoms with E-state index in [1.54, 1.807) is 16.9 Å². The molecule has 10 heteroatoms. The Morgan fingerprint density at radius 1 is 1.16 bits per heavy atom. The van der Waals surface area contributed by atoms with Crippen LogP contribution in [0.1, 0.15) is 53.5 Å². The summed E-state index contributed by atoms with van der Waals surface area (Å²) in [5.74, 6) is -0.297. The van der Waals surface area contributed by atoms with Crippen molar-refractivity contribution in [3.8, 4) is 5.69 Å². The lowest BCUT2D eigenvalue weighted by Gasteiger charge is -2.15. The Labute approximate surface area is 175 Å². The first-order valence-corrected chi connectivity index (χ1v) is 9.87. The fraction of sp³-hybridized carbons (Fsp3) is 0.333. The van der Waals surface area contributed by atoms with Crippen molar-refractivity contribution in [2.24, 2.45) is 0 Å². The van der Waals surface area contributed by atoms with Crippen molar-refractivity contribution < 1.29 is 18.0 Å². The molecule has 1 aliphatic rings. The maximum atomic E-state index is 13.1. The first-order valence-electron chi connectivity index (χ1n) is 9.87. The van der Waals surface area contributed by atoms with Crippen molar-refractivity contribution in [2.75, 3.05) is 5.32 Å². The standard InChI is InChI=1S/C21H20F3N5O2/c1-13-11-17(30)19(27-28(13)16-8-4-5-14(12-16)21(22,23)24)20(31)26-18-9-10-25-29(18)15-6-2-3-7-15/h4-5,8-12,15H,2-3,6-7H2,1H3,(H,26,31). The lowest BCUT2D eigenvalue weighted by atomic mass is 10.2. The minimum atomic E-state index is -4.53. The van der Waals surface area contributed by atoms with Crippen LogP contribution in [0.4, 0.5) is 19.0 Å². The molecule has 0 atom stereocenters. The Kier molecular flexibility index (Phi) is 5.38. The molecule has 4 rings (SSSR count). The predicted molar refractivity (Wildman–Crippen MR) is 107 cm³/mol. The number of nitrogens with one attached hydrogen (secondary N) is 1. The topological polar surface area (TPSA) is 81.8 Å². The van der Waals surface area contributed by atoms with E-state index >= 15 is 0 Å². The molecule has 1 N–H and O–H groups in total. The third-order valence-electron chi connectivity index (χ3n) is 5.32. The highest BCUT2D eigenvalue weighted by molar-refractivity contribution is 6.02. The zero-order chi connectivity index (χ0) is 22.2. The number of alkyl halides is 3. The lowest BCUT2D eigenvalue weighted by Crippen LogP contribution is -2.28. The van der Waals surface area contributed by atoms with Gasteiger partial charge in [0.2, 0.25) is 5.43 Å². The molecular formula is C21H20F3N5O2. The van der Waals surface area contributed by atoms with Gasteiger partial charge in [0.1, 0.15) is 5.82 Å². The van der Waals surface area contributed by atoms with Gasteiger partial charge in [0, 0.05) is 17.8 Å². The summed E-state index contributed by atoms with van der Waals surface area (Å²) in [6, 6.07) is 7.53. The summed E-state index contributed by atoms with van der Waals surface area (Å²) in [6.07, 6.45) is 1.11. The van der Waals surface area contributed by atoms with Crippen LogP contribution in [-0.2, 0) is 6.18 Å². The van der Waals surface area contributed by atoms with Crippen LogP contribution in [0, 0.1) is 6.92 Å². The van der Waals surface area contributed by atoms with E-state index in [0.29, 0.717) is 11.5 Å². The first-order chi connectivity index (χ1) is 14.7. The van der Waals surface area contributed by atoms with Gasteiger partial charge in [-0.2, -0.15) is 23.4 Å². The van der Waals surface area contributed by atoms with E-state index in [1.807, 2.05) is 0 Å². The zero-order valence-corrected chi connectivity index (χ0v) is 16.7. The number of amides is 1. The van der Waals surface area contributed by atoms with Gasteiger partial charge < -0.3 is 5.32 Å². The molecule has 7 nitrogen and oxygen atoms in total. The number of carbonyl (C=O) groups excluding carboxylic acids is 1. The molecule has 0 unspecified atom stereocenters. The Hall–Kier alpha value is -3.43. The van der Waals surface area contributed by atoms with Gasteiger partial charge in [-0.15, -0.1) is 0 Å². The second kappa shape index (κ2) is 8.01. The van der Waals surface area contributed by atoms with Gasteiger partial charge in [0.25, 0.3) is 5.91 Å². The number of carbonyl (C=O) groups is 1. The van der Waals surface area contributed by atoms with E-state index in [2.05, 4.69) is 15.5 Å². The summed E-state index contributed by atoms with van der Waals surface area (Å²) >= 11 is 0. The van der Waals surface area contributed by atoms with Crippen molar-refractivity contribution in [1.82, 2.24) is 19.6 Å². The summed E-state index contributed by atoms with van der Waals surface area (Å²) < 4.78 is 42.1. The number of aryl methyl sites for hydroxylation is 1. The molecule has 1 saturated carbocycles. The van der Waals surface area contributed by atoms with E-state index < -0.39 is 28.8 Å². The van der Waals surface area contributed by atoms with Gasteiger partial charge in [-0.05, 0) is 38.0 Å². The number of hydrogen-bond donors (Lipinski definition) is 1. The molecule has 1 amide bonds. The summed E-state index contributed by atoms with van der Waals surface area (Å²) in [4.78, 5) is 25.2. The average Bonchev–Trinajstić information content (AvgIpc) is 3.39. The van der Waals surface area contributed by atoms with Crippen molar-refractivity contribution >= 4 is 11.7 Å². The Bertz CT molecular complexity index is 1180. The van der Waals surface area contributed by atoms with Crippen LogP contribution in [0.3, 0.4) is 0 Å². The Morgan fingerprint density at radius 2 is 1.90 bits per heavy atom. The van der Waals surface area contributed by atoms with Gasteiger partial charge >= 0.3 is 6.18 Å². The Balaban J connectivity index is 1.67. The van der Waals surface area contributed by atoms with E-state index in [-0.39, 0.29) is 11.7 Å². The largest absolute Gasteiger partial charge is 0.416 e. The second-order valence-corrected chi connectivity index (χ2v) is 7.51. The van der Waals surface area contributed by atoms with E-state index in [1.165, 1.54) is 25.1 Å². The van der Waals surface area contributed by atoms with E-state index in [4.69, 9.17) is 0 Å². The van der Waals surface area contributed by atoms with Crippen molar-refractivity contribution in [3.63, 3.8) is 0 Å². The molecule has 0 radical (unpaired) electrons. The number of aromatic nitrogens is 4. The summed E-state index contributed by atoms with van der Waals surface area (Å²) in [6.45, 7) is 1.53. The SMILES string of the molecule is Cc1cc(=O)c(C(=O)Nc2ccnn2C2CCCC2)nn1-c1cccc(C(F)(F)F)c1. The molecule has 3 aromatic rings. The quantitative estimate of drug-likeness (QED) is 0.674. The van der Waals surface area contributed by atoms with Crippen LogP contribution < -0.4 is 10.7 Å². The minimum absolute atomic E-state index is 0.0948. The number of hydrogen-bond acceptors (Lipinski definition) is 4. The minimum Gasteiger partial charge on any atom is -0.305 e. The van der Waals surface area contributed by atoms with E-state index in [0.717, 1.165) is 42.5 Å². The van der Waals surface area contributed by atoms with Crippen molar-refractivity contribution in [1.29, 1.82) is 0 Å². The van der Waals surface area contributed by atoms with Crippen LogP contribution in [0.2, 0.25) is 0 Å². The monoisotopic (exact) mass is 431 g/mol. The van der Waals surface area contributed by atoms with Gasteiger partial charge in [-0.1, -0.05) is 18.9 Å². The number of halogens is 3. The highest BCUT2D eigenvalue weighted by atomic mass is 19.4. The number of rotatable bonds is 4. The van der Waals surface area contributed by atoms with E-state index in [9.17, 15) is 22.8 Å². The van der Waals surface area contributed by atoms with Gasteiger partial charge in [-0.25, -0.2) is 9.36 Å². The fourth-order valence-electron chi connectivity index (χ4n) is 3.81. The third kappa shape index (κ3) is 4.23. The smallest absolute Gasteiger partial charge is 0.305 e. The average molecular weight is 431 g/mol. The normalized spacial score (nSPS) is 14.7. The summed E-state index contributed by atoms with van der Waals surface area (Å²) in [5, 5.41) is 11.0. The zero-order valence-electron chi connectivity index (χ0n) is 16.7. The van der Waals surface area contributed by atoms with Crippen molar-refractivity contribution in [2.45, 2.75) is 44.8 Å². The molecule has 2 aromatic heterocycles. The van der Waals surface area contributed by atoms with Crippen LogP contribution >= 0.6 is 0 Å². The molecule has 162 valence electrons. The number of nitrogens with zero attached hydrogens (tertiary/aromatic N) is 4. The molecular weight excluding hydrogens is 411 g/mol. The highest BCUT2D eigenvalue weighted by Gasteiger charge is 2.31. The molecule has 2 heterocycles. The molecule has 0 aliphatic heterocycles. The number of benzene rings is 1. The highest BCUT2D eigenvalue weighted by Crippen LogP contribution is 2.32. The molecule has 0 saturated heterocycles. The second-order valence-electron chi connectivity index (χ2n) is 7.51. The maximum Gasteiger partial charge on any atom is 0.416 e. The van der Waals surface area contributed by atoms with Gasteiger partial charge in [0.15, 0.2) is 5.69 Å². The van der Waals surface area contributed by atoms with Crippen LogP contribution in [0.5, 0.6) is 0 Å². The van der Waals surface area contributed by atoms with Gasteiger partial charge in [-0.3, -0.25) is 9.59 Å². The maximum absolute atomic E-state index is 13.1.